The number of allylic oxidation sites excluding steroid dienone is 2. The topological polar surface area (TPSA) is 110 Å². The number of amides is 1. The van der Waals surface area contributed by atoms with Gasteiger partial charge in [0, 0.05) is 29.2 Å². The molecule has 55 heavy (non-hydrogen) atoms. The molecule has 1 aromatic carbocycles. The monoisotopic (exact) mass is 763 g/mol. The highest BCUT2D eigenvalue weighted by Gasteiger charge is 2.70. The van der Waals surface area contributed by atoms with E-state index in [1.807, 2.05) is 19.2 Å². The Labute approximate surface area is 326 Å². The summed E-state index contributed by atoms with van der Waals surface area (Å²) in [5, 5.41) is 11.7. The van der Waals surface area contributed by atoms with E-state index in [9.17, 15) is 24.3 Å². The zero-order chi connectivity index (χ0) is 40.3. The lowest BCUT2D eigenvalue weighted by molar-refractivity contribution is -0.236. The summed E-state index contributed by atoms with van der Waals surface area (Å²) in [5.74, 6) is -1.95. The van der Waals surface area contributed by atoms with Crippen LogP contribution in [-0.2, 0) is 30.0 Å². The number of alkyl halides is 2. The van der Waals surface area contributed by atoms with Gasteiger partial charge in [0.1, 0.15) is 6.10 Å². The summed E-state index contributed by atoms with van der Waals surface area (Å²) in [4.78, 5) is 53.0. The van der Waals surface area contributed by atoms with Crippen LogP contribution in [0.4, 0.5) is 8.78 Å². The smallest absolute Gasteiger partial charge is 0.352 e. The van der Waals surface area contributed by atoms with Gasteiger partial charge in [-0.3, -0.25) is 24.5 Å². The number of halogens is 2. The number of benzene rings is 1. The fraction of sp³-hybridized carbons (Fsp3) is 0.739. The molecule has 5 fully saturated rings. The van der Waals surface area contributed by atoms with Crippen molar-refractivity contribution in [3.05, 3.63) is 47.0 Å². The summed E-state index contributed by atoms with van der Waals surface area (Å²) in [6.45, 7) is 19.7. The molecule has 9 heteroatoms. The molecule has 5 saturated carbocycles. The van der Waals surface area contributed by atoms with Crippen LogP contribution in [0.1, 0.15) is 139 Å². The third-order valence-electron chi connectivity index (χ3n) is 17.6. The molecule has 0 radical (unpaired) electrons. The minimum absolute atomic E-state index is 0.00424. The number of carbonyl (C=O) groups excluding carboxylic acids is 3. The minimum Gasteiger partial charge on any atom is -0.481 e. The highest BCUT2D eigenvalue weighted by atomic mass is 19.3. The first-order chi connectivity index (χ1) is 25.5. The lowest BCUT2D eigenvalue weighted by Crippen LogP contribution is -2.66. The Balaban J connectivity index is 1.14. The molecule has 2 N–H and O–H groups in total. The van der Waals surface area contributed by atoms with Crippen LogP contribution < -0.4 is 5.32 Å². The van der Waals surface area contributed by atoms with E-state index in [1.54, 1.807) is 6.07 Å². The molecule has 1 aromatic rings. The third kappa shape index (κ3) is 5.80. The number of hydrogen-bond donors (Lipinski definition) is 2. The fourth-order valence-electron chi connectivity index (χ4n) is 14.3. The lowest BCUT2D eigenvalue weighted by atomic mass is 9.33. The predicted octanol–water partition coefficient (Wildman–Crippen LogP) is 9.88. The number of aliphatic carboxylic acids is 1. The van der Waals surface area contributed by atoms with Crippen LogP contribution in [0.3, 0.4) is 0 Å². The van der Waals surface area contributed by atoms with E-state index in [1.165, 1.54) is 24.3 Å². The maximum absolute atomic E-state index is 15.3. The second-order valence-electron chi connectivity index (χ2n) is 20.9. The highest BCUT2D eigenvalue weighted by Crippen LogP contribution is 2.77. The molecule has 0 saturated heterocycles. The first kappa shape index (κ1) is 40.1. The second-order valence-corrected chi connectivity index (χ2v) is 20.9. The van der Waals surface area contributed by atoms with Crippen molar-refractivity contribution >= 4 is 23.6 Å². The van der Waals surface area contributed by atoms with Gasteiger partial charge in [-0.1, -0.05) is 98.2 Å². The summed E-state index contributed by atoms with van der Waals surface area (Å²) in [7, 11) is 0. The first-order valence-electron chi connectivity index (χ1n) is 20.9. The van der Waals surface area contributed by atoms with Gasteiger partial charge >= 0.3 is 18.0 Å². The standard InChI is InChI=1S/C46H63F2NO6/c1-26(2)36-31(50)24-45(25-35(51)49-46(47,48)27-13-11-10-12-14-27)22-21-43(8)28(37(36)45)15-16-33-42(7)19-18-34(41(5,6)32(42)17-20-44(33,43)9)55-39(54)30-23-29(38(52)53)40(30,3)4/h10-14,26,28-30,32-34H,15-25H2,1-9H3,(H,49,51)(H,52,53)/t28-,29+,30-,32+,33-,34+,42+,43-,44-,45+/m1/s1. The third-order valence-corrected chi connectivity index (χ3v) is 17.6. The van der Waals surface area contributed by atoms with E-state index in [4.69, 9.17) is 4.74 Å². The molecule has 0 bridgehead atoms. The number of Topliss-reactive ketones (excluding diaryl/α,β-unsaturated/α-hetero) is 1. The summed E-state index contributed by atoms with van der Waals surface area (Å²) >= 11 is 0. The van der Waals surface area contributed by atoms with Gasteiger partial charge in [-0.05, 0) is 109 Å². The number of carbonyl (C=O) groups is 4. The average Bonchev–Trinajstić information content (AvgIpc) is 3.37. The average molecular weight is 764 g/mol. The lowest BCUT2D eigenvalue weighted by Gasteiger charge is -2.72. The number of ketones is 1. The first-order valence-corrected chi connectivity index (χ1v) is 20.9. The molecule has 7 rings (SSSR count). The summed E-state index contributed by atoms with van der Waals surface area (Å²) in [5.41, 5.74) is -0.231. The number of ether oxygens (including phenoxy) is 1. The van der Waals surface area contributed by atoms with Crippen LogP contribution >= 0.6 is 0 Å². The number of carboxylic acid groups (broad SMARTS) is 1. The van der Waals surface area contributed by atoms with Gasteiger partial charge in [-0.25, -0.2) is 0 Å². The molecule has 6 aliphatic rings. The molecular formula is C46H63F2NO6. The number of esters is 1. The Kier molecular flexibility index (Phi) is 9.45. The molecule has 0 aliphatic heterocycles. The van der Waals surface area contributed by atoms with Gasteiger partial charge in [-0.2, -0.15) is 8.78 Å². The second kappa shape index (κ2) is 13.0. The Bertz CT molecular complexity index is 1800. The van der Waals surface area contributed by atoms with Gasteiger partial charge in [-0.15, -0.1) is 0 Å². The zero-order valence-corrected chi connectivity index (χ0v) is 34.5. The quantitative estimate of drug-likeness (QED) is 0.202. The largest absolute Gasteiger partial charge is 0.481 e. The summed E-state index contributed by atoms with van der Waals surface area (Å²) < 4.78 is 37.0. The Morgan fingerprint density at radius 1 is 0.855 bits per heavy atom. The molecule has 0 spiro atoms. The van der Waals surface area contributed by atoms with Gasteiger partial charge in [0.25, 0.3) is 0 Å². The van der Waals surface area contributed by atoms with Crippen molar-refractivity contribution < 1.29 is 37.8 Å². The number of hydrogen-bond acceptors (Lipinski definition) is 5. The van der Waals surface area contributed by atoms with E-state index in [2.05, 4.69) is 48.5 Å². The maximum Gasteiger partial charge on any atom is 0.352 e. The Morgan fingerprint density at radius 3 is 2.15 bits per heavy atom. The highest BCUT2D eigenvalue weighted by molar-refractivity contribution is 6.01. The van der Waals surface area contributed by atoms with Crippen molar-refractivity contribution in [2.24, 2.45) is 68.0 Å². The van der Waals surface area contributed by atoms with E-state index < -0.39 is 40.6 Å². The van der Waals surface area contributed by atoms with Gasteiger partial charge in [0.05, 0.1) is 11.8 Å². The van der Waals surface area contributed by atoms with Gasteiger partial charge in [0.15, 0.2) is 5.78 Å². The molecule has 0 aromatic heterocycles. The molecule has 7 nitrogen and oxygen atoms in total. The van der Waals surface area contributed by atoms with Gasteiger partial charge < -0.3 is 9.84 Å². The molecule has 10 atom stereocenters. The van der Waals surface area contributed by atoms with Crippen LogP contribution in [0.15, 0.2) is 41.5 Å². The SMILES string of the molecule is CC(C)C1=C2[C@H]3CC[C@@H]4[C@@]5(C)CC[C@H](OC(=O)[C@H]6C[C@@H](C(=O)O)C6(C)C)C(C)(C)[C@@H]5CC[C@@]4(C)[C@]3(C)CC[C@@]2(CC(=O)NC(F)(F)c2ccccc2)CC1=O. The van der Waals surface area contributed by atoms with E-state index >= 15 is 8.78 Å². The number of rotatable bonds is 8. The number of nitrogens with one attached hydrogen (secondary N) is 1. The zero-order valence-electron chi connectivity index (χ0n) is 34.5. The summed E-state index contributed by atoms with van der Waals surface area (Å²) in [6.07, 6.45) is 7.16. The molecule has 302 valence electrons. The van der Waals surface area contributed by atoms with Crippen molar-refractivity contribution in [2.75, 3.05) is 0 Å². The molecule has 6 aliphatic carbocycles. The van der Waals surface area contributed by atoms with Crippen molar-refractivity contribution in [1.29, 1.82) is 0 Å². The maximum atomic E-state index is 15.3. The van der Waals surface area contributed by atoms with Crippen molar-refractivity contribution in [3.63, 3.8) is 0 Å². The number of fused-ring (bicyclic) bond motifs is 7. The van der Waals surface area contributed by atoms with Crippen molar-refractivity contribution in [2.45, 2.75) is 145 Å². The van der Waals surface area contributed by atoms with Crippen LogP contribution in [0, 0.1) is 68.0 Å². The Morgan fingerprint density at radius 2 is 1.53 bits per heavy atom. The van der Waals surface area contributed by atoms with Crippen LogP contribution in [0.5, 0.6) is 0 Å². The van der Waals surface area contributed by atoms with E-state index in [-0.39, 0.29) is 69.8 Å². The van der Waals surface area contributed by atoms with Crippen LogP contribution in [0.2, 0.25) is 0 Å². The van der Waals surface area contributed by atoms with Crippen molar-refractivity contribution in [3.8, 4) is 0 Å². The molecule has 0 unspecified atom stereocenters. The van der Waals surface area contributed by atoms with E-state index in [0.29, 0.717) is 24.7 Å². The Hall–Kier alpha value is -3.10. The molecular weight excluding hydrogens is 701 g/mol. The number of carboxylic acids is 1. The fourth-order valence-corrected chi connectivity index (χ4v) is 14.3. The molecule has 0 heterocycles. The van der Waals surface area contributed by atoms with E-state index in [0.717, 1.165) is 56.1 Å². The van der Waals surface area contributed by atoms with Crippen LogP contribution in [0.25, 0.3) is 0 Å². The normalized spacial score (nSPS) is 40.3. The van der Waals surface area contributed by atoms with Gasteiger partial charge in [0.2, 0.25) is 5.91 Å². The molecule has 1 amide bonds. The van der Waals surface area contributed by atoms with Crippen molar-refractivity contribution in [1.82, 2.24) is 5.32 Å². The summed E-state index contributed by atoms with van der Waals surface area (Å²) in [6, 6.07) is 3.83. The van der Waals surface area contributed by atoms with Crippen LogP contribution in [-0.4, -0.2) is 34.8 Å². The minimum atomic E-state index is -3.52. The predicted molar refractivity (Wildman–Crippen MR) is 205 cm³/mol.